The van der Waals surface area contributed by atoms with E-state index in [1.54, 1.807) is 10.6 Å². The van der Waals surface area contributed by atoms with Crippen LogP contribution in [0.15, 0.2) is 48.5 Å². The molecule has 3 heterocycles. The third-order valence-electron chi connectivity index (χ3n) is 4.52. The van der Waals surface area contributed by atoms with Crippen molar-refractivity contribution in [3.05, 3.63) is 59.9 Å². The van der Waals surface area contributed by atoms with E-state index in [1.165, 1.54) is 17.4 Å². The molecule has 4 aromatic rings. The zero-order valence-electron chi connectivity index (χ0n) is 16.0. The van der Waals surface area contributed by atoms with Crippen molar-refractivity contribution in [1.29, 1.82) is 0 Å². The van der Waals surface area contributed by atoms with Gasteiger partial charge in [0.2, 0.25) is 10.9 Å². The summed E-state index contributed by atoms with van der Waals surface area (Å²) in [7, 11) is 0. The molecule has 0 spiro atoms. The number of fused-ring (bicyclic) bond motifs is 2. The molecule has 1 aliphatic rings. The lowest BCUT2D eigenvalue weighted by atomic mass is 10.1. The van der Waals surface area contributed by atoms with Crippen LogP contribution in [-0.4, -0.2) is 38.9 Å². The average Bonchev–Trinajstić information content (AvgIpc) is 3.34. The van der Waals surface area contributed by atoms with Gasteiger partial charge in [-0.25, -0.2) is 0 Å². The molecule has 1 amide bonds. The fourth-order valence-electron chi connectivity index (χ4n) is 3.08. The number of hydrogen-bond acceptors (Lipinski definition) is 7. The van der Waals surface area contributed by atoms with Crippen LogP contribution in [0.4, 0.5) is 5.69 Å². The molecule has 5 rings (SSSR count). The van der Waals surface area contributed by atoms with Crippen molar-refractivity contribution >= 4 is 34.0 Å². The van der Waals surface area contributed by atoms with Crippen molar-refractivity contribution in [3.8, 4) is 22.1 Å². The molecule has 8 nitrogen and oxygen atoms in total. The van der Waals surface area contributed by atoms with Crippen LogP contribution in [0.5, 0.6) is 11.5 Å². The van der Waals surface area contributed by atoms with E-state index in [9.17, 15) is 4.79 Å². The summed E-state index contributed by atoms with van der Waals surface area (Å²) in [6.45, 7) is 2.93. The number of amides is 1. The minimum Gasteiger partial charge on any atom is -0.486 e. The molecule has 2 aromatic carbocycles. The Kier molecular flexibility index (Phi) is 4.64. The zero-order valence-corrected chi connectivity index (χ0v) is 16.8. The smallest absolute Gasteiger partial charge is 0.248 e. The third kappa shape index (κ3) is 3.62. The maximum absolute atomic E-state index is 12.4. The van der Waals surface area contributed by atoms with Crippen LogP contribution in [0, 0.1) is 6.92 Å². The van der Waals surface area contributed by atoms with Crippen LogP contribution >= 0.6 is 11.3 Å². The Morgan fingerprint density at radius 1 is 1.13 bits per heavy atom. The van der Waals surface area contributed by atoms with Crippen molar-refractivity contribution < 1.29 is 14.3 Å². The molecule has 1 aliphatic heterocycles. The SMILES string of the molecule is Cc1nnc2sc(-c3cccc(NC(=O)C=Cc4ccc5c(c4)OCCO5)c3)nn12. The molecule has 30 heavy (non-hydrogen) atoms. The van der Waals surface area contributed by atoms with E-state index in [-0.39, 0.29) is 5.91 Å². The predicted octanol–water partition coefficient (Wildman–Crippen LogP) is 3.58. The molecule has 0 saturated carbocycles. The quantitative estimate of drug-likeness (QED) is 0.509. The van der Waals surface area contributed by atoms with Gasteiger partial charge in [-0.3, -0.25) is 4.79 Å². The van der Waals surface area contributed by atoms with E-state index in [0.29, 0.717) is 24.7 Å². The molecule has 9 heteroatoms. The number of hydrogen-bond donors (Lipinski definition) is 1. The number of rotatable bonds is 4. The molecule has 0 unspecified atom stereocenters. The summed E-state index contributed by atoms with van der Waals surface area (Å²) in [6.07, 6.45) is 3.23. The van der Waals surface area contributed by atoms with Gasteiger partial charge in [0.05, 0.1) is 0 Å². The first kappa shape index (κ1) is 18.3. The molecule has 1 N–H and O–H groups in total. The fraction of sp³-hybridized carbons (Fsp3) is 0.143. The largest absolute Gasteiger partial charge is 0.486 e. The lowest BCUT2D eigenvalue weighted by molar-refractivity contribution is -0.111. The molecule has 0 bridgehead atoms. The van der Waals surface area contributed by atoms with E-state index < -0.39 is 0 Å². The summed E-state index contributed by atoms with van der Waals surface area (Å²) in [6, 6.07) is 13.1. The molecule has 0 atom stereocenters. The van der Waals surface area contributed by atoms with Crippen LogP contribution in [-0.2, 0) is 4.79 Å². The van der Waals surface area contributed by atoms with E-state index in [2.05, 4.69) is 20.6 Å². The van der Waals surface area contributed by atoms with Crippen molar-refractivity contribution in [1.82, 2.24) is 19.8 Å². The summed E-state index contributed by atoms with van der Waals surface area (Å²) in [4.78, 5) is 13.1. The van der Waals surface area contributed by atoms with Gasteiger partial charge in [0.15, 0.2) is 17.3 Å². The van der Waals surface area contributed by atoms with Gasteiger partial charge >= 0.3 is 0 Å². The average molecular weight is 419 g/mol. The van der Waals surface area contributed by atoms with Crippen LogP contribution in [0.3, 0.4) is 0 Å². The number of nitrogens with one attached hydrogen (secondary N) is 1. The van der Waals surface area contributed by atoms with Gasteiger partial charge in [0, 0.05) is 17.3 Å². The second-order valence-electron chi connectivity index (χ2n) is 6.66. The Bertz CT molecular complexity index is 1280. The van der Waals surface area contributed by atoms with Crippen molar-refractivity contribution in [2.24, 2.45) is 0 Å². The molecule has 0 radical (unpaired) electrons. The molecule has 150 valence electrons. The highest BCUT2D eigenvalue weighted by molar-refractivity contribution is 7.19. The highest BCUT2D eigenvalue weighted by atomic mass is 32.1. The van der Waals surface area contributed by atoms with Crippen molar-refractivity contribution in [2.75, 3.05) is 18.5 Å². The first-order valence-electron chi connectivity index (χ1n) is 9.34. The Morgan fingerprint density at radius 2 is 2.00 bits per heavy atom. The topological polar surface area (TPSA) is 90.6 Å². The number of carbonyl (C=O) groups is 1. The highest BCUT2D eigenvalue weighted by Gasteiger charge is 2.12. The zero-order chi connectivity index (χ0) is 20.5. The van der Waals surface area contributed by atoms with E-state index in [0.717, 1.165) is 32.7 Å². The number of carbonyl (C=O) groups excluding carboxylic acids is 1. The number of aryl methyl sites for hydroxylation is 1. The summed E-state index contributed by atoms with van der Waals surface area (Å²) >= 11 is 1.45. The van der Waals surface area contributed by atoms with Crippen molar-refractivity contribution in [2.45, 2.75) is 6.92 Å². The molecule has 0 saturated heterocycles. The van der Waals surface area contributed by atoms with Gasteiger partial charge in [0.1, 0.15) is 18.2 Å². The third-order valence-corrected chi connectivity index (χ3v) is 5.47. The monoisotopic (exact) mass is 419 g/mol. The second-order valence-corrected chi connectivity index (χ2v) is 7.61. The minimum atomic E-state index is -0.226. The van der Waals surface area contributed by atoms with Gasteiger partial charge in [-0.1, -0.05) is 29.5 Å². The Balaban J connectivity index is 1.30. The molecular formula is C21H17N5O3S. The van der Waals surface area contributed by atoms with E-state index >= 15 is 0 Å². The number of ether oxygens (including phenoxy) is 2. The number of aromatic nitrogens is 4. The van der Waals surface area contributed by atoms with E-state index in [4.69, 9.17) is 9.47 Å². The number of benzene rings is 2. The summed E-state index contributed by atoms with van der Waals surface area (Å²) in [5.41, 5.74) is 2.45. The normalized spacial score (nSPS) is 13.1. The van der Waals surface area contributed by atoms with Gasteiger partial charge in [-0.15, -0.1) is 10.2 Å². The molecule has 2 aromatic heterocycles. The highest BCUT2D eigenvalue weighted by Crippen LogP contribution is 2.31. The molecule has 0 fully saturated rings. The lowest BCUT2D eigenvalue weighted by Crippen LogP contribution is -2.15. The molecular weight excluding hydrogens is 402 g/mol. The lowest BCUT2D eigenvalue weighted by Gasteiger charge is -2.18. The standard InChI is InChI=1S/C21H17N5O3S/c1-13-23-24-21-26(13)25-20(30-21)15-3-2-4-16(12-15)22-19(27)8-6-14-5-7-17-18(11-14)29-10-9-28-17/h2-8,11-12H,9-10H2,1H3,(H,22,27). The van der Waals surface area contributed by atoms with Gasteiger partial charge in [-0.2, -0.15) is 9.61 Å². The second kappa shape index (κ2) is 7.60. The summed E-state index contributed by atoms with van der Waals surface area (Å²) < 4.78 is 12.8. The predicted molar refractivity (Wildman–Crippen MR) is 114 cm³/mol. The van der Waals surface area contributed by atoms with Gasteiger partial charge in [-0.05, 0) is 42.8 Å². The summed E-state index contributed by atoms with van der Waals surface area (Å²) in [5.74, 6) is 1.93. The Morgan fingerprint density at radius 3 is 2.87 bits per heavy atom. The molecule has 0 aliphatic carbocycles. The Hall–Kier alpha value is -3.72. The van der Waals surface area contributed by atoms with Crippen molar-refractivity contribution in [3.63, 3.8) is 0 Å². The van der Waals surface area contributed by atoms with Gasteiger partial charge < -0.3 is 14.8 Å². The number of nitrogens with zero attached hydrogens (tertiary/aromatic N) is 4. The first-order chi connectivity index (χ1) is 14.7. The maximum atomic E-state index is 12.4. The minimum absolute atomic E-state index is 0.226. The first-order valence-corrected chi connectivity index (χ1v) is 10.2. The van der Waals surface area contributed by atoms with Crippen LogP contribution in [0.25, 0.3) is 21.6 Å². The Labute approximate surface area is 175 Å². The van der Waals surface area contributed by atoms with Crippen LogP contribution < -0.4 is 14.8 Å². The summed E-state index contributed by atoms with van der Waals surface area (Å²) in [5, 5.41) is 16.3. The number of anilines is 1. The van der Waals surface area contributed by atoms with Crippen LogP contribution in [0.2, 0.25) is 0 Å². The maximum Gasteiger partial charge on any atom is 0.248 e. The van der Waals surface area contributed by atoms with Crippen LogP contribution in [0.1, 0.15) is 11.4 Å². The van der Waals surface area contributed by atoms with Gasteiger partial charge in [0.25, 0.3) is 0 Å². The fourth-order valence-corrected chi connectivity index (χ4v) is 3.96. The van der Waals surface area contributed by atoms with E-state index in [1.807, 2.05) is 49.4 Å².